The Kier molecular flexibility index (Phi) is 4.49. The number of rotatable bonds is 5. The molecule has 0 saturated heterocycles. The highest BCUT2D eigenvalue weighted by molar-refractivity contribution is 7.14. The average molecular weight is 347 g/mol. The SMILES string of the molecule is Cn1cc(NC(=O)Cc2csc(NC(=O)c3cccs3)n2)cn1. The number of nitrogens with one attached hydrogen (secondary N) is 2. The number of aryl methyl sites for hydroxylation is 1. The summed E-state index contributed by atoms with van der Waals surface area (Å²) in [6.45, 7) is 0. The molecule has 7 nitrogen and oxygen atoms in total. The van der Waals surface area contributed by atoms with E-state index in [1.54, 1.807) is 35.6 Å². The van der Waals surface area contributed by atoms with Crippen molar-refractivity contribution < 1.29 is 9.59 Å². The van der Waals surface area contributed by atoms with Crippen molar-refractivity contribution in [3.05, 3.63) is 45.9 Å². The monoisotopic (exact) mass is 347 g/mol. The lowest BCUT2D eigenvalue weighted by atomic mass is 10.3. The van der Waals surface area contributed by atoms with Crippen molar-refractivity contribution in [3.63, 3.8) is 0 Å². The maximum absolute atomic E-state index is 11.9. The summed E-state index contributed by atoms with van der Waals surface area (Å²) in [5.74, 6) is -0.375. The summed E-state index contributed by atoms with van der Waals surface area (Å²) in [6.07, 6.45) is 3.43. The van der Waals surface area contributed by atoms with Crippen LogP contribution in [0.15, 0.2) is 35.3 Å². The third-order valence-electron chi connectivity index (χ3n) is 2.85. The molecule has 0 aliphatic rings. The van der Waals surface area contributed by atoms with Gasteiger partial charge in [-0.05, 0) is 11.4 Å². The zero-order valence-electron chi connectivity index (χ0n) is 12.1. The van der Waals surface area contributed by atoms with E-state index in [9.17, 15) is 9.59 Å². The molecule has 3 rings (SSSR count). The fourth-order valence-electron chi connectivity index (χ4n) is 1.87. The molecule has 9 heteroatoms. The number of carbonyl (C=O) groups is 2. The lowest BCUT2D eigenvalue weighted by molar-refractivity contribution is -0.115. The number of hydrogen-bond acceptors (Lipinski definition) is 6. The summed E-state index contributed by atoms with van der Waals surface area (Å²) in [4.78, 5) is 28.7. The largest absolute Gasteiger partial charge is 0.323 e. The Balaban J connectivity index is 1.56. The smallest absolute Gasteiger partial charge is 0.267 e. The van der Waals surface area contributed by atoms with Crippen LogP contribution in [-0.4, -0.2) is 26.6 Å². The van der Waals surface area contributed by atoms with Crippen LogP contribution in [0.25, 0.3) is 0 Å². The van der Waals surface area contributed by atoms with Crippen molar-refractivity contribution in [3.8, 4) is 0 Å². The normalized spacial score (nSPS) is 10.5. The predicted molar refractivity (Wildman–Crippen MR) is 89.9 cm³/mol. The molecule has 0 atom stereocenters. The molecule has 3 aromatic rings. The first kappa shape index (κ1) is 15.4. The average Bonchev–Trinajstić information content (AvgIpc) is 3.21. The van der Waals surface area contributed by atoms with Gasteiger partial charge >= 0.3 is 0 Å². The molecule has 3 aromatic heterocycles. The topological polar surface area (TPSA) is 88.9 Å². The number of amides is 2. The van der Waals surface area contributed by atoms with Crippen molar-refractivity contribution in [1.82, 2.24) is 14.8 Å². The number of anilines is 2. The van der Waals surface area contributed by atoms with E-state index < -0.39 is 0 Å². The number of carbonyl (C=O) groups excluding carboxylic acids is 2. The molecule has 0 aliphatic heterocycles. The van der Waals surface area contributed by atoms with Gasteiger partial charge in [0.15, 0.2) is 5.13 Å². The van der Waals surface area contributed by atoms with Gasteiger partial charge in [-0.25, -0.2) is 4.98 Å². The van der Waals surface area contributed by atoms with Crippen LogP contribution in [0.2, 0.25) is 0 Å². The summed E-state index contributed by atoms with van der Waals surface area (Å²) in [6, 6.07) is 3.56. The molecule has 0 spiro atoms. The zero-order chi connectivity index (χ0) is 16.2. The van der Waals surface area contributed by atoms with Gasteiger partial charge in [0.25, 0.3) is 5.91 Å². The second-order valence-corrected chi connectivity index (χ2v) is 6.51. The molecule has 0 aliphatic carbocycles. The van der Waals surface area contributed by atoms with Gasteiger partial charge in [-0.2, -0.15) is 5.10 Å². The highest BCUT2D eigenvalue weighted by atomic mass is 32.1. The fraction of sp³-hybridized carbons (Fsp3) is 0.143. The van der Waals surface area contributed by atoms with Crippen molar-refractivity contribution >= 4 is 45.3 Å². The van der Waals surface area contributed by atoms with E-state index in [2.05, 4.69) is 20.7 Å². The lowest BCUT2D eigenvalue weighted by Crippen LogP contribution is -2.14. The van der Waals surface area contributed by atoms with Crippen molar-refractivity contribution in [2.75, 3.05) is 10.6 Å². The van der Waals surface area contributed by atoms with Crippen LogP contribution >= 0.6 is 22.7 Å². The zero-order valence-corrected chi connectivity index (χ0v) is 13.8. The number of hydrogen-bond donors (Lipinski definition) is 2. The Hall–Kier alpha value is -2.52. The maximum atomic E-state index is 11.9. The highest BCUT2D eigenvalue weighted by Crippen LogP contribution is 2.18. The van der Waals surface area contributed by atoms with Gasteiger partial charge in [0.05, 0.1) is 28.9 Å². The molecule has 0 saturated carbocycles. The second-order valence-electron chi connectivity index (χ2n) is 4.70. The van der Waals surface area contributed by atoms with Crippen LogP contribution in [0.4, 0.5) is 10.8 Å². The Morgan fingerprint density at radius 1 is 1.30 bits per heavy atom. The van der Waals surface area contributed by atoms with E-state index in [0.717, 1.165) is 0 Å². The maximum Gasteiger partial charge on any atom is 0.267 e. The Bertz CT molecular complexity index is 822. The standard InChI is InChI=1S/C14H13N5O2S2/c1-19-7-10(6-15-19)16-12(20)5-9-8-23-14(17-9)18-13(21)11-3-2-4-22-11/h2-4,6-8H,5H2,1H3,(H,16,20)(H,17,18,21). The van der Waals surface area contributed by atoms with Crippen LogP contribution in [0, 0.1) is 0 Å². The molecule has 23 heavy (non-hydrogen) atoms. The molecular weight excluding hydrogens is 334 g/mol. The van der Waals surface area contributed by atoms with E-state index in [4.69, 9.17) is 0 Å². The van der Waals surface area contributed by atoms with Crippen molar-refractivity contribution in [1.29, 1.82) is 0 Å². The number of aromatic nitrogens is 3. The van der Waals surface area contributed by atoms with Crippen molar-refractivity contribution in [2.24, 2.45) is 7.05 Å². The first-order chi connectivity index (χ1) is 11.1. The molecule has 0 fully saturated rings. The first-order valence-corrected chi connectivity index (χ1v) is 8.44. The highest BCUT2D eigenvalue weighted by Gasteiger charge is 2.12. The van der Waals surface area contributed by atoms with Gasteiger partial charge in [-0.15, -0.1) is 22.7 Å². The van der Waals surface area contributed by atoms with Crippen LogP contribution in [-0.2, 0) is 18.3 Å². The summed E-state index contributed by atoms with van der Waals surface area (Å²) in [5, 5.41) is 13.5. The first-order valence-electron chi connectivity index (χ1n) is 6.68. The van der Waals surface area contributed by atoms with Crippen LogP contribution in [0.5, 0.6) is 0 Å². The predicted octanol–water partition coefficient (Wildman–Crippen LogP) is 2.37. The van der Waals surface area contributed by atoms with E-state index in [1.165, 1.54) is 22.7 Å². The van der Waals surface area contributed by atoms with E-state index >= 15 is 0 Å². The quantitative estimate of drug-likeness (QED) is 0.741. The van der Waals surface area contributed by atoms with Gasteiger partial charge in [0, 0.05) is 18.6 Å². The summed E-state index contributed by atoms with van der Waals surface area (Å²) >= 11 is 2.66. The minimum atomic E-state index is -0.194. The number of thiazole rings is 1. The third-order valence-corrected chi connectivity index (χ3v) is 4.52. The molecule has 2 N–H and O–H groups in total. The van der Waals surface area contributed by atoms with Gasteiger partial charge in [-0.1, -0.05) is 6.07 Å². The molecule has 0 unspecified atom stereocenters. The molecule has 2 amide bonds. The van der Waals surface area contributed by atoms with Gasteiger partial charge < -0.3 is 5.32 Å². The minimum Gasteiger partial charge on any atom is -0.323 e. The summed E-state index contributed by atoms with van der Waals surface area (Å²) in [5.41, 5.74) is 1.25. The van der Waals surface area contributed by atoms with Crippen molar-refractivity contribution in [2.45, 2.75) is 6.42 Å². The van der Waals surface area contributed by atoms with E-state index in [-0.39, 0.29) is 18.2 Å². The molecule has 0 aromatic carbocycles. The third kappa shape index (κ3) is 4.02. The van der Waals surface area contributed by atoms with Crippen LogP contribution < -0.4 is 10.6 Å². The van der Waals surface area contributed by atoms with Crippen LogP contribution in [0.1, 0.15) is 15.4 Å². The molecular formula is C14H13N5O2S2. The molecule has 0 radical (unpaired) electrons. The van der Waals surface area contributed by atoms with Crippen LogP contribution in [0.3, 0.4) is 0 Å². The molecule has 118 valence electrons. The van der Waals surface area contributed by atoms with E-state index in [1.807, 2.05) is 11.4 Å². The Morgan fingerprint density at radius 3 is 2.87 bits per heavy atom. The summed E-state index contributed by atoms with van der Waals surface area (Å²) in [7, 11) is 1.78. The van der Waals surface area contributed by atoms with Gasteiger partial charge in [0.2, 0.25) is 5.91 Å². The van der Waals surface area contributed by atoms with Gasteiger partial charge in [-0.3, -0.25) is 19.6 Å². The second kappa shape index (κ2) is 6.71. The fourth-order valence-corrected chi connectivity index (χ4v) is 3.19. The van der Waals surface area contributed by atoms with Gasteiger partial charge in [0.1, 0.15) is 0 Å². The van der Waals surface area contributed by atoms with E-state index in [0.29, 0.717) is 21.4 Å². The molecule has 0 bridgehead atoms. The molecule has 3 heterocycles. The Morgan fingerprint density at radius 2 is 2.17 bits per heavy atom. The number of nitrogens with zero attached hydrogens (tertiary/aromatic N) is 3. The minimum absolute atomic E-state index is 0.139. The lowest BCUT2D eigenvalue weighted by Gasteiger charge is -2.00. The number of thiophene rings is 1. The Labute approximate surface area is 140 Å². The summed E-state index contributed by atoms with van der Waals surface area (Å²) < 4.78 is 1.61.